The van der Waals surface area contributed by atoms with E-state index in [0.717, 1.165) is 24.3 Å². The van der Waals surface area contributed by atoms with Crippen LogP contribution in [-0.4, -0.2) is 20.9 Å². The summed E-state index contributed by atoms with van der Waals surface area (Å²) in [6.07, 6.45) is 0.0129. The van der Waals surface area contributed by atoms with Gasteiger partial charge >= 0.3 is 0 Å². The lowest BCUT2D eigenvalue weighted by Crippen LogP contribution is -2.16. The van der Waals surface area contributed by atoms with Gasteiger partial charge in [0, 0.05) is 0 Å². The number of rotatable bonds is 7. The van der Waals surface area contributed by atoms with E-state index >= 15 is 0 Å². The summed E-state index contributed by atoms with van der Waals surface area (Å²) in [5.41, 5.74) is 5.23. The maximum atomic E-state index is 12.9. The zero-order valence-electron chi connectivity index (χ0n) is 12.0. The van der Waals surface area contributed by atoms with Gasteiger partial charge in [-0.3, -0.25) is 9.52 Å². The Morgan fingerprint density at radius 2 is 1.78 bits per heavy atom. The van der Waals surface area contributed by atoms with Crippen LogP contribution >= 0.6 is 0 Å². The Kier molecular flexibility index (Phi) is 5.17. The first kappa shape index (κ1) is 16.8. The highest BCUT2D eigenvalue weighted by molar-refractivity contribution is 7.92. The summed E-state index contributed by atoms with van der Waals surface area (Å²) in [4.78, 5) is 10.6. The van der Waals surface area contributed by atoms with Crippen LogP contribution in [0.3, 0.4) is 0 Å². The largest absolute Gasteiger partial charge is 0.491 e. The van der Waals surface area contributed by atoms with Crippen molar-refractivity contribution in [1.82, 2.24) is 0 Å². The Bertz CT molecular complexity index is 791. The van der Waals surface area contributed by atoms with Crippen LogP contribution < -0.4 is 15.2 Å². The molecule has 0 aromatic heterocycles. The molecule has 8 heteroatoms. The number of nitrogens with two attached hydrogens (primary N) is 1. The van der Waals surface area contributed by atoms with Gasteiger partial charge < -0.3 is 10.5 Å². The monoisotopic (exact) mass is 338 g/mol. The first-order valence-electron chi connectivity index (χ1n) is 6.67. The second kappa shape index (κ2) is 7.10. The van der Waals surface area contributed by atoms with Crippen molar-refractivity contribution in [3.8, 4) is 5.75 Å². The molecule has 6 nitrogen and oxygen atoms in total. The van der Waals surface area contributed by atoms with Crippen molar-refractivity contribution in [2.75, 3.05) is 11.3 Å². The molecule has 23 heavy (non-hydrogen) atoms. The minimum absolute atomic E-state index is 0.0129. The highest BCUT2D eigenvalue weighted by Gasteiger charge is 2.16. The van der Waals surface area contributed by atoms with Gasteiger partial charge in [0.25, 0.3) is 10.0 Å². The smallest absolute Gasteiger partial charge is 0.262 e. The number of para-hydroxylation sites is 2. The van der Waals surface area contributed by atoms with Crippen LogP contribution in [-0.2, 0) is 14.8 Å². The van der Waals surface area contributed by atoms with Gasteiger partial charge in [-0.1, -0.05) is 12.1 Å². The normalized spacial score (nSPS) is 11.0. The number of hydrogen-bond donors (Lipinski definition) is 2. The van der Waals surface area contributed by atoms with Crippen LogP contribution in [0.2, 0.25) is 0 Å². The van der Waals surface area contributed by atoms with E-state index in [4.69, 9.17) is 10.5 Å². The van der Waals surface area contributed by atoms with Gasteiger partial charge in [-0.2, -0.15) is 0 Å². The van der Waals surface area contributed by atoms with Gasteiger partial charge in [-0.15, -0.1) is 0 Å². The lowest BCUT2D eigenvalue weighted by atomic mass is 10.3. The van der Waals surface area contributed by atoms with E-state index in [-0.39, 0.29) is 29.4 Å². The van der Waals surface area contributed by atoms with Crippen LogP contribution in [0.5, 0.6) is 5.75 Å². The molecule has 0 bridgehead atoms. The maximum absolute atomic E-state index is 12.9. The zero-order chi connectivity index (χ0) is 16.9. The predicted octanol–water partition coefficient (Wildman–Crippen LogP) is 1.88. The first-order valence-corrected chi connectivity index (χ1v) is 8.15. The number of halogens is 1. The number of carbonyl (C=O) groups excluding carboxylic acids is 1. The van der Waals surface area contributed by atoms with Gasteiger partial charge in [0.05, 0.1) is 23.6 Å². The molecule has 2 aromatic carbocycles. The molecule has 0 aliphatic heterocycles. The lowest BCUT2D eigenvalue weighted by Gasteiger charge is -2.13. The fourth-order valence-corrected chi connectivity index (χ4v) is 2.83. The number of anilines is 1. The van der Waals surface area contributed by atoms with Gasteiger partial charge in [0.2, 0.25) is 5.91 Å². The molecule has 2 aromatic rings. The van der Waals surface area contributed by atoms with Crippen LogP contribution in [0.4, 0.5) is 10.1 Å². The van der Waals surface area contributed by atoms with E-state index < -0.39 is 21.7 Å². The molecule has 0 spiro atoms. The summed E-state index contributed by atoms with van der Waals surface area (Å²) in [7, 11) is -3.88. The molecule has 0 aliphatic rings. The number of nitrogens with one attached hydrogen (secondary N) is 1. The van der Waals surface area contributed by atoms with Crippen molar-refractivity contribution in [2.45, 2.75) is 11.3 Å². The Morgan fingerprint density at radius 1 is 1.13 bits per heavy atom. The number of carbonyl (C=O) groups is 1. The third-order valence-corrected chi connectivity index (χ3v) is 4.24. The highest BCUT2D eigenvalue weighted by atomic mass is 32.2. The fourth-order valence-electron chi connectivity index (χ4n) is 1.76. The summed E-state index contributed by atoms with van der Waals surface area (Å²) in [6, 6.07) is 10.8. The quantitative estimate of drug-likeness (QED) is 0.805. The van der Waals surface area contributed by atoms with E-state index in [1.807, 2.05) is 0 Å². The van der Waals surface area contributed by atoms with Gasteiger partial charge in [0.15, 0.2) is 0 Å². The lowest BCUT2D eigenvalue weighted by molar-refractivity contribution is -0.118. The molecule has 0 aliphatic carbocycles. The van der Waals surface area contributed by atoms with Gasteiger partial charge in [-0.05, 0) is 36.4 Å². The molecule has 0 unspecified atom stereocenters. The molecular formula is C15H15FN2O4S. The first-order chi connectivity index (χ1) is 10.9. The van der Waals surface area contributed by atoms with Crippen LogP contribution in [0, 0.1) is 5.82 Å². The summed E-state index contributed by atoms with van der Waals surface area (Å²) in [5, 5.41) is 0. The molecule has 0 heterocycles. The second-order valence-corrected chi connectivity index (χ2v) is 6.30. The Morgan fingerprint density at radius 3 is 2.43 bits per heavy atom. The molecule has 0 atom stereocenters. The van der Waals surface area contributed by atoms with Crippen LogP contribution in [0.1, 0.15) is 6.42 Å². The topological polar surface area (TPSA) is 98.5 Å². The van der Waals surface area contributed by atoms with E-state index in [2.05, 4.69) is 4.72 Å². The molecule has 3 N–H and O–H groups in total. The molecule has 2 rings (SSSR count). The third-order valence-electron chi connectivity index (χ3n) is 2.86. The maximum Gasteiger partial charge on any atom is 0.262 e. The van der Waals surface area contributed by atoms with Crippen molar-refractivity contribution < 1.29 is 22.3 Å². The van der Waals surface area contributed by atoms with Crippen LogP contribution in [0.15, 0.2) is 53.4 Å². The number of hydrogen-bond acceptors (Lipinski definition) is 4. The van der Waals surface area contributed by atoms with Crippen molar-refractivity contribution in [1.29, 1.82) is 0 Å². The molecule has 0 saturated carbocycles. The molecule has 122 valence electrons. The number of amides is 1. The SMILES string of the molecule is NC(=O)CCOc1ccccc1NS(=O)(=O)c1ccc(F)cc1. The number of primary amides is 1. The predicted molar refractivity (Wildman–Crippen MR) is 83.0 cm³/mol. The van der Waals surface area contributed by atoms with Gasteiger partial charge in [-0.25, -0.2) is 12.8 Å². The molecule has 0 radical (unpaired) electrons. The Balaban J connectivity index is 2.18. The molecule has 0 saturated heterocycles. The highest BCUT2D eigenvalue weighted by Crippen LogP contribution is 2.26. The minimum Gasteiger partial charge on any atom is -0.491 e. The fraction of sp³-hybridized carbons (Fsp3) is 0.133. The molecular weight excluding hydrogens is 323 g/mol. The van der Waals surface area contributed by atoms with E-state index in [1.165, 1.54) is 6.07 Å². The Labute approximate surface area is 133 Å². The zero-order valence-corrected chi connectivity index (χ0v) is 12.8. The number of ether oxygens (including phenoxy) is 1. The average molecular weight is 338 g/mol. The van der Waals surface area contributed by atoms with Crippen molar-refractivity contribution in [2.24, 2.45) is 5.73 Å². The number of sulfonamides is 1. The van der Waals surface area contributed by atoms with Gasteiger partial charge in [0.1, 0.15) is 11.6 Å². The molecule has 0 fully saturated rings. The minimum atomic E-state index is -3.88. The number of benzene rings is 2. The summed E-state index contributed by atoms with van der Waals surface area (Å²) >= 11 is 0. The summed E-state index contributed by atoms with van der Waals surface area (Å²) in [6.45, 7) is 0.0324. The van der Waals surface area contributed by atoms with Crippen molar-refractivity contribution in [3.05, 3.63) is 54.3 Å². The summed E-state index contributed by atoms with van der Waals surface area (Å²) < 4.78 is 45.2. The Hall–Kier alpha value is -2.61. The van der Waals surface area contributed by atoms with Crippen LogP contribution in [0.25, 0.3) is 0 Å². The molecule has 1 amide bonds. The average Bonchev–Trinajstić information content (AvgIpc) is 2.49. The second-order valence-electron chi connectivity index (χ2n) is 4.62. The van der Waals surface area contributed by atoms with E-state index in [9.17, 15) is 17.6 Å². The third kappa shape index (κ3) is 4.68. The summed E-state index contributed by atoms with van der Waals surface area (Å²) in [5.74, 6) is -0.784. The van der Waals surface area contributed by atoms with Crippen molar-refractivity contribution >= 4 is 21.6 Å². The van der Waals surface area contributed by atoms with Crippen molar-refractivity contribution in [3.63, 3.8) is 0 Å². The van der Waals surface area contributed by atoms with E-state index in [1.54, 1.807) is 18.2 Å². The van der Waals surface area contributed by atoms with E-state index in [0.29, 0.717) is 0 Å². The standard InChI is InChI=1S/C15H15FN2O4S/c16-11-5-7-12(8-6-11)23(20,21)18-13-3-1-2-4-14(13)22-10-9-15(17)19/h1-8,18H,9-10H2,(H2,17,19).